The van der Waals surface area contributed by atoms with Gasteiger partial charge in [-0.15, -0.1) is 0 Å². The number of methoxy groups -OCH3 is 1. The molecule has 27 heavy (non-hydrogen) atoms. The number of piperazine rings is 1. The summed E-state index contributed by atoms with van der Waals surface area (Å²) in [7, 11) is -1.73. The van der Waals surface area contributed by atoms with E-state index in [0.29, 0.717) is 18.0 Å². The summed E-state index contributed by atoms with van der Waals surface area (Å²) in [6, 6.07) is 13.6. The minimum Gasteiger partial charge on any atom is -0.496 e. The molecular weight excluding hydrogens is 360 g/mol. The second-order valence-electron chi connectivity index (χ2n) is 7.08. The molecule has 3 rings (SSSR count). The fraction of sp³-hybridized carbons (Fsp3) is 0.429. The first-order chi connectivity index (χ1) is 12.9. The highest BCUT2D eigenvalue weighted by Crippen LogP contribution is 2.23. The Morgan fingerprint density at radius 2 is 1.70 bits per heavy atom. The minimum atomic E-state index is -3.42. The third-order valence-corrected chi connectivity index (χ3v) is 7.23. The van der Waals surface area contributed by atoms with Gasteiger partial charge in [0.25, 0.3) is 0 Å². The zero-order valence-corrected chi connectivity index (χ0v) is 17.1. The van der Waals surface area contributed by atoms with Crippen LogP contribution in [0.2, 0.25) is 0 Å². The van der Waals surface area contributed by atoms with E-state index in [0.717, 1.165) is 42.9 Å². The minimum absolute atomic E-state index is 0.426. The van der Waals surface area contributed by atoms with E-state index >= 15 is 0 Å². The van der Waals surface area contributed by atoms with Crippen molar-refractivity contribution in [1.29, 1.82) is 0 Å². The van der Waals surface area contributed by atoms with Crippen LogP contribution in [0.5, 0.6) is 5.75 Å². The van der Waals surface area contributed by atoms with Crippen LogP contribution < -0.4 is 4.74 Å². The number of sulfonamides is 1. The highest BCUT2D eigenvalue weighted by molar-refractivity contribution is 7.89. The van der Waals surface area contributed by atoms with Crippen LogP contribution in [0.15, 0.2) is 47.4 Å². The first-order valence-electron chi connectivity index (χ1n) is 9.33. The molecule has 0 N–H and O–H groups in total. The van der Waals surface area contributed by atoms with Gasteiger partial charge in [0, 0.05) is 32.7 Å². The number of hydrogen-bond donors (Lipinski definition) is 0. The Kier molecular flexibility index (Phi) is 6.19. The molecular formula is C21H28N2O3S. The lowest BCUT2D eigenvalue weighted by molar-refractivity contribution is 0.189. The van der Waals surface area contributed by atoms with Crippen LogP contribution in [-0.4, -0.2) is 57.5 Å². The van der Waals surface area contributed by atoms with Crippen LogP contribution in [0.3, 0.4) is 0 Å². The molecule has 2 aromatic carbocycles. The first-order valence-corrected chi connectivity index (χ1v) is 10.8. The molecule has 6 heteroatoms. The highest BCUT2D eigenvalue weighted by atomic mass is 32.2. The Morgan fingerprint density at radius 1 is 1.00 bits per heavy atom. The lowest BCUT2D eigenvalue weighted by Gasteiger charge is -2.34. The molecule has 0 unspecified atom stereocenters. The average molecular weight is 389 g/mol. The van der Waals surface area contributed by atoms with E-state index < -0.39 is 10.0 Å². The highest BCUT2D eigenvalue weighted by Gasteiger charge is 2.29. The molecule has 0 amide bonds. The Morgan fingerprint density at radius 3 is 2.37 bits per heavy atom. The molecule has 1 aliphatic rings. The van der Waals surface area contributed by atoms with Crippen molar-refractivity contribution in [2.45, 2.75) is 25.2 Å². The van der Waals surface area contributed by atoms with E-state index in [2.05, 4.69) is 11.0 Å². The zero-order valence-electron chi connectivity index (χ0n) is 16.3. The van der Waals surface area contributed by atoms with Crippen molar-refractivity contribution in [3.05, 3.63) is 59.2 Å². The van der Waals surface area contributed by atoms with Gasteiger partial charge in [0.15, 0.2) is 0 Å². The van der Waals surface area contributed by atoms with Crippen molar-refractivity contribution in [1.82, 2.24) is 9.21 Å². The molecule has 146 valence electrons. The summed E-state index contributed by atoms with van der Waals surface area (Å²) in [6.45, 7) is 7.30. The van der Waals surface area contributed by atoms with Gasteiger partial charge in [-0.3, -0.25) is 0 Å². The quantitative estimate of drug-likeness (QED) is 0.764. The molecule has 0 aromatic heterocycles. The van der Waals surface area contributed by atoms with Gasteiger partial charge < -0.3 is 9.64 Å². The van der Waals surface area contributed by atoms with Gasteiger partial charge in [0.2, 0.25) is 10.0 Å². The fourth-order valence-corrected chi connectivity index (χ4v) is 5.24. The van der Waals surface area contributed by atoms with Gasteiger partial charge in [0.05, 0.1) is 12.0 Å². The third kappa shape index (κ3) is 4.51. The molecule has 1 aliphatic heterocycles. The van der Waals surface area contributed by atoms with Gasteiger partial charge in [0.1, 0.15) is 5.75 Å². The summed E-state index contributed by atoms with van der Waals surface area (Å²) in [5.74, 6) is 0.911. The van der Waals surface area contributed by atoms with E-state index in [1.54, 1.807) is 17.5 Å². The summed E-state index contributed by atoms with van der Waals surface area (Å²) in [5, 5.41) is 0. The van der Waals surface area contributed by atoms with Crippen LogP contribution >= 0.6 is 0 Å². The molecule has 5 nitrogen and oxygen atoms in total. The fourth-order valence-electron chi connectivity index (χ4n) is 3.61. The van der Waals surface area contributed by atoms with Gasteiger partial charge in [-0.25, -0.2) is 8.42 Å². The third-order valence-electron chi connectivity index (χ3n) is 5.17. The van der Waals surface area contributed by atoms with Crippen molar-refractivity contribution < 1.29 is 13.2 Å². The summed E-state index contributed by atoms with van der Waals surface area (Å²) in [5.41, 5.74) is 3.08. The maximum Gasteiger partial charge on any atom is 0.243 e. The van der Waals surface area contributed by atoms with Gasteiger partial charge in [-0.05, 0) is 43.5 Å². The van der Waals surface area contributed by atoms with Gasteiger partial charge in [-0.1, -0.05) is 35.9 Å². The topological polar surface area (TPSA) is 49.9 Å². The average Bonchev–Trinajstić information content (AvgIpc) is 2.66. The number of para-hydroxylation sites is 1. The van der Waals surface area contributed by atoms with E-state index in [4.69, 9.17) is 4.74 Å². The Balaban J connectivity index is 1.60. The maximum absolute atomic E-state index is 13.0. The van der Waals surface area contributed by atoms with Crippen LogP contribution in [-0.2, 0) is 16.4 Å². The van der Waals surface area contributed by atoms with Crippen LogP contribution in [0.4, 0.5) is 0 Å². The predicted molar refractivity (Wildman–Crippen MR) is 108 cm³/mol. The molecule has 0 radical (unpaired) electrons. The van der Waals surface area contributed by atoms with Crippen molar-refractivity contribution in [3.63, 3.8) is 0 Å². The molecule has 1 saturated heterocycles. The Bertz CT molecular complexity index is 888. The molecule has 1 fully saturated rings. The number of ether oxygens (including phenoxy) is 1. The smallest absolute Gasteiger partial charge is 0.243 e. The second-order valence-corrected chi connectivity index (χ2v) is 8.98. The van der Waals surface area contributed by atoms with Crippen LogP contribution in [0, 0.1) is 13.8 Å². The summed E-state index contributed by atoms with van der Waals surface area (Å²) in [6.07, 6.45) is 0.897. The summed E-state index contributed by atoms with van der Waals surface area (Å²) < 4.78 is 33.0. The van der Waals surface area contributed by atoms with E-state index in [1.807, 2.05) is 44.2 Å². The molecule has 0 spiro atoms. The molecule has 1 heterocycles. The lowest BCUT2D eigenvalue weighted by atomic mass is 10.1. The number of aryl methyl sites for hydroxylation is 2. The Labute approximate surface area is 162 Å². The summed E-state index contributed by atoms with van der Waals surface area (Å²) in [4.78, 5) is 2.75. The maximum atomic E-state index is 13.0. The number of hydrogen-bond acceptors (Lipinski definition) is 4. The number of nitrogens with zero attached hydrogens (tertiary/aromatic N) is 2. The van der Waals surface area contributed by atoms with Crippen molar-refractivity contribution in [2.24, 2.45) is 0 Å². The zero-order chi connectivity index (χ0) is 19.4. The largest absolute Gasteiger partial charge is 0.496 e. The molecule has 0 aliphatic carbocycles. The molecule has 2 aromatic rings. The van der Waals surface area contributed by atoms with E-state index in [-0.39, 0.29) is 0 Å². The van der Waals surface area contributed by atoms with Crippen molar-refractivity contribution in [2.75, 3.05) is 39.8 Å². The second kappa shape index (κ2) is 8.42. The van der Waals surface area contributed by atoms with Crippen LogP contribution in [0.1, 0.15) is 16.7 Å². The molecule has 0 atom stereocenters. The lowest BCUT2D eigenvalue weighted by Crippen LogP contribution is -2.49. The number of benzene rings is 2. The predicted octanol–water partition coefficient (Wildman–Crippen LogP) is 2.86. The van der Waals surface area contributed by atoms with Crippen LogP contribution in [0.25, 0.3) is 0 Å². The van der Waals surface area contributed by atoms with E-state index in [1.165, 1.54) is 5.56 Å². The first kappa shape index (κ1) is 19.9. The van der Waals surface area contributed by atoms with Gasteiger partial charge >= 0.3 is 0 Å². The SMILES string of the molecule is COc1ccccc1CCN1CCN(S(=O)(=O)c2ccc(C)cc2C)CC1. The Hall–Kier alpha value is -1.89. The van der Waals surface area contributed by atoms with Crippen molar-refractivity contribution >= 4 is 10.0 Å². The number of rotatable bonds is 6. The monoisotopic (exact) mass is 388 g/mol. The molecule has 0 bridgehead atoms. The molecule has 0 saturated carbocycles. The normalized spacial score (nSPS) is 16.4. The van der Waals surface area contributed by atoms with E-state index in [9.17, 15) is 8.42 Å². The van der Waals surface area contributed by atoms with Crippen molar-refractivity contribution in [3.8, 4) is 5.75 Å². The summed E-state index contributed by atoms with van der Waals surface area (Å²) >= 11 is 0. The standard InChI is InChI=1S/C21H28N2O3S/c1-17-8-9-21(18(2)16-17)27(24,25)23-14-12-22(13-15-23)11-10-19-6-4-5-7-20(19)26-3/h4-9,16H,10-15H2,1-3H3. The van der Waals surface area contributed by atoms with Gasteiger partial charge in [-0.2, -0.15) is 4.31 Å².